The number of carboxylic acids is 1. The van der Waals surface area contributed by atoms with Gasteiger partial charge in [0.05, 0.1) is 0 Å². The maximum atomic E-state index is 12.4. The molecule has 0 aromatic rings. The van der Waals surface area contributed by atoms with Gasteiger partial charge in [0.2, 0.25) is 11.8 Å². The first-order valence-corrected chi connectivity index (χ1v) is 7.19. The minimum absolute atomic E-state index is 0.0121. The fourth-order valence-corrected chi connectivity index (χ4v) is 2.44. The molecule has 1 heterocycles. The molecule has 0 bridgehead atoms. The van der Waals surface area contributed by atoms with Gasteiger partial charge in [0.15, 0.2) is 0 Å². The predicted octanol–water partition coefficient (Wildman–Crippen LogP) is 1.10. The van der Waals surface area contributed by atoms with Gasteiger partial charge in [-0.15, -0.1) is 0 Å². The molecule has 1 saturated heterocycles. The van der Waals surface area contributed by atoms with Crippen LogP contribution in [-0.2, 0) is 14.4 Å². The van der Waals surface area contributed by atoms with E-state index in [9.17, 15) is 14.4 Å². The summed E-state index contributed by atoms with van der Waals surface area (Å²) in [6, 6.07) is -1.39. The van der Waals surface area contributed by atoms with Gasteiger partial charge in [0, 0.05) is 20.0 Å². The Bertz CT molecular complexity index is 383. The smallest absolute Gasteiger partial charge is 0.326 e. The van der Waals surface area contributed by atoms with Crippen molar-refractivity contribution in [3.63, 3.8) is 0 Å². The first kappa shape index (κ1) is 16.5. The van der Waals surface area contributed by atoms with Gasteiger partial charge in [0.1, 0.15) is 12.1 Å². The molecule has 1 aliphatic heterocycles. The van der Waals surface area contributed by atoms with E-state index in [1.165, 1.54) is 18.9 Å². The Balaban J connectivity index is 2.81. The van der Waals surface area contributed by atoms with E-state index in [1.807, 2.05) is 6.92 Å². The minimum atomic E-state index is -1.04. The number of likely N-dealkylation sites (tertiary alicyclic amines) is 1. The van der Waals surface area contributed by atoms with E-state index in [-0.39, 0.29) is 11.8 Å². The number of likely N-dealkylation sites (N-methyl/N-ethyl adjacent to an activating group) is 1. The quantitative estimate of drug-likeness (QED) is 0.820. The number of aliphatic carboxylic acids is 1. The summed E-state index contributed by atoms with van der Waals surface area (Å²) in [5.74, 6) is -1.32. The molecule has 1 rings (SSSR count). The Morgan fingerprint density at radius 2 is 2.00 bits per heavy atom. The summed E-state index contributed by atoms with van der Waals surface area (Å²) < 4.78 is 0. The summed E-state index contributed by atoms with van der Waals surface area (Å²) in [6.45, 7) is 3.99. The average Bonchev–Trinajstić information content (AvgIpc) is 2.45. The van der Waals surface area contributed by atoms with Crippen molar-refractivity contribution < 1.29 is 19.5 Å². The zero-order valence-corrected chi connectivity index (χ0v) is 12.5. The van der Waals surface area contributed by atoms with Crippen LogP contribution in [0.5, 0.6) is 0 Å². The number of carbonyl (C=O) groups is 3. The molecule has 0 aromatic carbocycles. The highest BCUT2D eigenvalue weighted by Crippen LogP contribution is 2.20. The summed E-state index contributed by atoms with van der Waals surface area (Å²) in [5.41, 5.74) is 0. The van der Waals surface area contributed by atoms with E-state index in [0.29, 0.717) is 19.4 Å². The molecule has 20 heavy (non-hydrogen) atoms. The maximum Gasteiger partial charge on any atom is 0.326 e. The van der Waals surface area contributed by atoms with Gasteiger partial charge < -0.3 is 14.9 Å². The highest BCUT2D eigenvalue weighted by molar-refractivity contribution is 5.90. The van der Waals surface area contributed by atoms with Crippen molar-refractivity contribution >= 4 is 17.8 Å². The van der Waals surface area contributed by atoms with Gasteiger partial charge in [-0.05, 0) is 32.6 Å². The zero-order chi connectivity index (χ0) is 15.3. The fraction of sp³-hybridized carbons (Fsp3) is 0.786. The van der Waals surface area contributed by atoms with Crippen LogP contribution in [0.2, 0.25) is 0 Å². The number of carboxylic acid groups (broad SMARTS) is 1. The van der Waals surface area contributed by atoms with Crippen molar-refractivity contribution in [1.82, 2.24) is 9.80 Å². The third kappa shape index (κ3) is 3.71. The monoisotopic (exact) mass is 284 g/mol. The Hall–Kier alpha value is -1.59. The molecule has 1 aliphatic rings. The molecule has 6 nitrogen and oxygen atoms in total. The zero-order valence-electron chi connectivity index (χ0n) is 12.5. The van der Waals surface area contributed by atoms with Gasteiger partial charge in [-0.25, -0.2) is 4.79 Å². The van der Waals surface area contributed by atoms with Crippen LogP contribution in [0.1, 0.15) is 46.0 Å². The van der Waals surface area contributed by atoms with Crippen LogP contribution in [0.3, 0.4) is 0 Å². The SMILES string of the molecule is CCCC(=O)N1CCCCC1C(=O)N(C)C(C)C(=O)O. The average molecular weight is 284 g/mol. The van der Waals surface area contributed by atoms with E-state index in [2.05, 4.69) is 0 Å². The Morgan fingerprint density at radius 3 is 2.55 bits per heavy atom. The molecular formula is C14H24N2O4. The lowest BCUT2D eigenvalue weighted by atomic mass is 9.99. The molecule has 2 amide bonds. The molecule has 1 fully saturated rings. The van der Waals surface area contributed by atoms with Gasteiger partial charge in [-0.1, -0.05) is 6.92 Å². The fourth-order valence-electron chi connectivity index (χ4n) is 2.44. The van der Waals surface area contributed by atoms with Crippen LogP contribution >= 0.6 is 0 Å². The number of nitrogens with zero attached hydrogens (tertiary/aromatic N) is 2. The second-order valence-electron chi connectivity index (χ2n) is 5.31. The maximum absolute atomic E-state index is 12.4. The van der Waals surface area contributed by atoms with E-state index >= 15 is 0 Å². The van der Waals surface area contributed by atoms with Crippen molar-refractivity contribution in [3.8, 4) is 0 Å². The molecule has 0 aromatic heterocycles. The number of hydrogen-bond acceptors (Lipinski definition) is 3. The first-order valence-electron chi connectivity index (χ1n) is 7.19. The van der Waals surface area contributed by atoms with E-state index in [1.54, 1.807) is 4.90 Å². The topological polar surface area (TPSA) is 77.9 Å². The van der Waals surface area contributed by atoms with Crippen molar-refractivity contribution in [1.29, 1.82) is 0 Å². The molecule has 2 unspecified atom stereocenters. The number of hydrogen-bond donors (Lipinski definition) is 1. The van der Waals surface area contributed by atoms with Crippen molar-refractivity contribution in [2.24, 2.45) is 0 Å². The number of amides is 2. The lowest BCUT2D eigenvalue weighted by Gasteiger charge is -2.37. The van der Waals surface area contributed by atoms with Crippen LogP contribution in [-0.4, -0.2) is 58.4 Å². The van der Waals surface area contributed by atoms with Crippen molar-refractivity contribution in [3.05, 3.63) is 0 Å². The third-order valence-corrected chi connectivity index (χ3v) is 3.86. The summed E-state index contributed by atoms with van der Waals surface area (Å²) in [4.78, 5) is 38.3. The number of carbonyl (C=O) groups excluding carboxylic acids is 2. The van der Waals surface area contributed by atoms with E-state index in [0.717, 1.165) is 19.3 Å². The van der Waals surface area contributed by atoms with Crippen LogP contribution < -0.4 is 0 Å². The summed E-state index contributed by atoms with van der Waals surface area (Å²) in [7, 11) is 1.48. The highest BCUT2D eigenvalue weighted by atomic mass is 16.4. The molecule has 0 spiro atoms. The second-order valence-corrected chi connectivity index (χ2v) is 5.31. The molecular weight excluding hydrogens is 260 g/mol. The van der Waals surface area contributed by atoms with Crippen LogP contribution in [0.4, 0.5) is 0 Å². The molecule has 114 valence electrons. The standard InChI is InChI=1S/C14H24N2O4/c1-4-7-12(17)16-9-6-5-8-11(16)13(18)15(3)10(2)14(19)20/h10-11H,4-9H2,1-3H3,(H,19,20). The Morgan fingerprint density at radius 1 is 1.35 bits per heavy atom. The van der Waals surface area contributed by atoms with Gasteiger partial charge >= 0.3 is 5.97 Å². The van der Waals surface area contributed by atoms with Crippen LogP contribution in [0.15, 0.2) is 0 Å². The van der Waals surface area contributed by atoms with Crippen molar-refractivity contribution in [2.75, 3.05) is 13.6 Å². The molecule has 2 atom stereocenters. The van der Waals surface area contributed by atoms with E-state index < -0.39 is 18.1 Å². The molecule has 0 saturated carbocycles. The molecule has 0 radical (unpaired) electrons. The number of rotatable bonds is 5. The Kier molecular flexibility index (Phi) is 5.98. The third-order valence-electron chi connectivity index (χ3n) is 3.86. The van der Waals surface area contributed by atoms with Crippen molar-refractivity contribution in [2.45, 2.75) is 58.0 Å². The molecule has 0 aliphatic carbocycles. The largest absolute Gasteiger partial charge is 0.480 e. The van der Waals surface area contributed by atoms with Gasteiger partial charge in [-0.2, -0.15) is 0 Å². The van der Waals surface area contributed by atoms with Gasteiger partial charge in [0.25, 0.3) is 0 Å². The summed E-state index contributed by atoms with van der Waals surface area (Å²) in [5, 5.41) is 8.98. The second kappa shape index (κ2) is 7.26. The van der Waals surface area contributed by atoms with Crippen LogP contribution in [0, 0.1) is 0 Å². The lowest BCUT2D eigenvalue weighted by Crippen LogP contribution is -2.54. The lowest BCUT2D eigenvalue weighted by molar-refractivity contribution is -0.153. The first-order chi connectivity index (χ1) is 9.40. The Labute approximate surface area is 119 Å². The van der Waals surface area contributed by atoms with Crippen LogP contribution in [0.25, 0.3) is 0 Å². The van der Waals surface area contributed by atoms with E-state index in [4.69, 9.17) is 5.11 Å². The molecule has 6 heteroatoms. The minimum Gasteiger partial charge on any atom is -0.480 e. The number of piperidine rings is 1. The summed E-state index contributed by atoms with van der Waals surface area (Å²) in [6.07, 6.45) is 3.59. The highest BCUT2D eigenvalue weighted by Gasteiger charge is 2.35. The predicted molar refractivity (Wildman–Crippen MR) is 74.1 cm³/mol. The van der Waals surface area contributed by atoms with Gasteiger partial charge in [-0.3, -0.25) is 9.59 Å². The molecule has 1 N–H and O–H groups in total. The summed E-state index contributed by atoms with van der Waals surface area (Å²) >= 11 is 0. The normalized spacial score (nSPS) is 20.4.